The number of phenolic OH excluding ortho intramolecular Hbond substituents is 1. The maximum atomic E-state index is 14.6. The first-order chi connectivity index (χ1) is 14.5. The number of nitrogens with zero attached hydrogens (tertiary/aromatic N) is 2. The largest absolute Gasteiger partial charge is 0.508 e. The third kappa shape index (κ3) is 4.52. The molecular weight excluding hydrogens is 441 g/mol. The summed E-state index contributed by atoms with van der Waals surface area (Å²) in [5.41, 5.74) is -4.03. The number of hydrogen-bond acceptors (Lipinski definition) is 6. The number of halogens is 5. The third-order valence-corrected chi connectivity index (χ3v) is 5.44. The molecule has 1 aromatic heterocycles. The van der Waals surface area contributed by atoms with Gasteiger partial charge < -0.3 is 15.5 Å². The Morgan fingerprint density at radius 3 is 2.48 bits per heavy atom. The Hall–Kier alpha value is -2.66. The Bertz CT molecular complexity index is 1110. The van der Waals surface area contributed by atoms with Gasteiger partial charge in [0.25, 0.3) is 0 Å². The van der Waals surface area contributed by atoms with Crippen LogP contribution in [0.4, 0.5) is 27.6 Å². The lowest BCUT2D eigenvalue weighted by Crippen LogP contribution is -2.54. The number of alkyl halides is 3. The molecule has 11 heteroatoms. The molecule has 3 rings (SSSR count). The quantitative estimate of drug-likeness (QED) is 0.463. The van der Waals surface area contributed by atoms with E-state index in [1.165, 1.54) is 12.5 Å². The molecular formula is C20H18F5N3O2S. The van der Waals surface area contributed by atoms with Crippen molar-refractivity contribution in [2.75, 3.05) is 17.3 Å². The number of aromatic hydroxyl groups is 1. The van der Waals surface area contributed by atoms with Crippen molar-refractivity contribution in [1.82, 2.24) is 9.97 Å². The van der Waals surface area contributed by atoms with Crippen LogP contribution < -0.4 is 5.32 Å². The van der Waals surface area contributed by atoms with Crippen LogP contribution >= 0.6 is 11.8 Å². The predicted octanol–water partition coefficient (Wildman–Crippen LogP) is 4.73. The second kappa shape index (κ2) is 8.46. The summed E-state index contributed by atoms with van der Waals surface area (Å²) in [7, 11) is 0. The summed E-state index contributed by atoms with van der Waals surface area (Å²) < 4.78 is 70.9. The summed E-state index contributed by atoms with van der Waals surface area (Å²) in [5.74, 6) is -2.98. The highest BCUT2D eigenvalue weighted by atomic mass is 32.2. The number of hydrogen-bond donors (Lipinski definition) is 3. The maximum Gasteiger partial charge on any atom is 0.420 e. The van der Waals surface area contributed by atoms with Gasteiger partial charge in [0.2, 0.25) is 0 Å². The number of thioether (sulfide) groups is 1. The molecule has 0 spiro atoms. The smallest absolute Gasteiger partial charge is 0.420 e. The standard InChI is InChI=1S/C20H18F5N3O2S/c1-10-26-8-14-16(27-10)5-11(21)6-17(14)28-18(13-4-3-12(29)7-15(13)22)19(30,9-31-2)20(23,24)25/h3-8,18,28-30H,9H2,1-2H3. The van der Waals surface area contributed by atoms with E-state index >= 15 is 0 Å². The van der Waals surface area contributed by atoms with Gasteiger partial charge in [0.15, 0.2) is 5.60 Å². The van der Waals surface area contributed by atoms with Crippen molar-refractivity contribution in [1.29, 1.82) is 0 Å². The molecule has 3 N–H and O–H groups in total. The fourth-order valence-electron chi connectivity index (χ4n) is 3.22. The Kier molecular flexibility index (Phi) is 6.28. The van der Waals surface area contributed by atoms with Crippen molar-refractivity contribution >= 4 is 28.4 Å². The van der Waals surface area contributed by atoms with Crippen molar-refractivity contribution in [2.45, 2.75) is 24.7 Å². The third-order valence-electron chi connectivity index (χ3n) is 4.71. The lowest BCUT2D eigenvalue weighted by molar-refractivity contribution is -0.256. The van der Waals surface area contributed by atoms with Crippen molar-refractivity contribution < 1.29 is 32.2 Å². The SMILES string of the molecule is CSCC(O)(C(Nc1cc(F)cc2nc(C)ncc12)c1ccc(O)cc1F)C(F)(F)F. The molecule has 31 heavy (non-hydrogen) atoms. The average Bonchev–Trinajstić information content (AvgIpc) is 2.65. The molecule has 1 heterocycles. The van der Waals surface area contributed by atoms with E-state index in [2.05, 4.69) is 15.3 Å². The van der Waals surface area contributed by atoms with Crippen LogP contribution in [-0.4, -0.2) is 44.0 Å². The van der Waals surface area contributed by atoms with Crippen LogP contribution in [0.3, 0.4) is 0 Å². The van der Waals surface area contributed by atoms with Gasteiger partial charge in [0, 0.05) is 40.7 Å². The van der Waals surface area contributed by atoms with Crippen LogP contribution in [0, 0.1) is 18.6 Å². The van der Waals surface area contributed by atoms with Crippen LogP contribution in [0.25, 0.3) is 10.9 Å². The van der Waals surface area contributed by atoms with E-state index in [0.717, 1.165) is 24.3 Å². The van der Waals surface area contributed by atoms with Gasteiger partial charge in [-0.15, -0.1) is 0 Å². The molecule has 2 atom stereocenters. The highest BCUT2D eigenvalue weighted by Crippen LogP contribution is 2.45. The molecule has 0 aliphatic carbocycles. The zero-order valence-electron chi connectivity index (χ0n) is 16.3. The normalized spacial score (nSPS) is 15.0. The van der Waals surface area contributed by atoms with Gasteiger partial charge in [0.05, 0.1) is 11.6 Å². The fourth-order valence-corrected chi connectivity index (χ4v) is 3.99. The number of phenols is 1. The predicted molar refractivity (Wildman–Crippen MR) is 108 cm³/mol. The zero-order chi connectivity index (χ0) is 23.0. The molecule has 0 bridgehead atoms. The molecule has 0 aliphatic heterocycles. The van der Waals surface area contributed by atoms with Gasteiger partial charge in [0.1, 0.15) is 23.2 Å². The van der Waals surface area contributed by atoms with Crippen molar-refractivity contribution in [3.05, 3.63) is 59.6 Å². The van der Waals surface area contributed by atoms with E-state index in [-0.39, 0.29) is 16.6 Å². The molecule has 0 radical (unpaired) electrons. The van der Waals surface area contributed by atoms with Gasteiger partial charge in [-0.05, 0) is 25.3 Å². The number of anilines is 1. The van der Waals surface area contributed by atoms with Gasteiger partial charge in [-0.1, -0.05) is 6.07 Å². The summed E-state index contributed by atoms with van der Waals surface area (Å²) >= 11 is 0.706. The van der Waals surface area contributed by atoms with Gasteiger partial charge in [-0.25, -0.2) is 18.7 Å². The first-order valence-corrected chi connectivity index (χ1v) is 10.3. The Morgan fingerprint density at radius 2 is 1.87 bits per heavy atom. The van der Waals surface area contributed by atoms with Gasteiger partial charge >= 0.3 is 6.18 Å². The monoisotopic (exact) mass is 459 g/mol. The van der Waals surface area contributed by atoms with E-state index in [9.17, 15) is 32.2 Å². The number of benzene rings is 2. The molecule has 2 unspecified atom stereocenters. The van der Waals surface area contributed by atoms with Crippen LogP contribution in [0.5, 0.6) is 5.75 Å². The number of aliphatic hydroxyl groups is 1. The lowest BCUT2D eigenvalue weighted by Gasteiger charge is -2.38. The second-order valence-electron chi connectivity index (χ2n) is 6.94. The minimum atomic E-state index is -5.17. The number of aromatic nitrogens is 2. The minimum absolute atomic E-state index is 0.125. The molecule has 0 aliphatic rings. The first kappa shape index (κ1) is 23.0. The van der Waals surface area contributed by atoms with E-state index in [1.54, 1.807) is 6.92 Å². The van der Waals surface area contributed by atoms with Crippen LogP contribution in [0.2, 0.25) is 0 Å². The molecule has 0 saturated carbocycles. The van der Waals surface area contributed by atoms with Gasteiger partial charge in [-0.3, -0.25) is 0 Å². The van der Waals surface area contributed by atoms with Crippen LogP contribution in [0.1, 0.15) is 17.4 Å². The Morgan fingerprint density at radius 1 is 1.16 bits per heavy atom. The summed E-state index contributed by atoms with van der Waals surface area (Å²) in [6.45, 7) is 1.56. The molecule has 0 fully saturated rings. The van der Waals surface area contributed by atoms with Crippen molar-refractivity contribution in [3.63, 3.8) is 0 Å². The van der Waals surface area contributed by atoms with Crippen LogP contribution in [0.15, 0.2) is 36.5 Å². The summed E-state index contributed by atoms with van der Waals surface area (Å²) in [5, 5.41) is 22.9. The Labute approximate surface area is 178 Å². The minimum Gasteiger partial charge on any atom is -0.508 e. The molecule has 3 aromatic rings. The van der Waals surface area contributed by atoms with Crippen LogP contribution in [-0.2, 0) is 0 Å². The van der Waals surface area contributed by atoms with E-state index in [0.29, 0.717) is 23.7 Å². The fraction of sp³-hybridized carbons (Fsp3) is 0.300. The number of rotatable bonds is 6. The van der Waals surface area contributed by atoms with Crippen molar-refractivity contribution in [2.24, 2.45) is 0 Å². The highest BCUT2D eigenvalue weighted by molar-refractivity contribution is 7.98. The summed E-state index contributed by atoms with van der Waals surface area (Å²) in [6.07, 6.45) is -2.52. The van der Waals surface area contributed by atoms with Crippen molar-refractivity contribution in [3.8, 4) is 5.75 Å². The highest BCUT2D eigenvalue weighted by Gasteiger charge is 2.59. The number of fused-ring (bicyclic) bond motifs is 1. The molecule has 0 amide bonds. The number of nitrogens with one attached hydrogen (secondary N) is 1. The summed E-state index contributed by atoms with van der Waals surface area (Å²) in [4.78, 5) is 8.05. The van der Waals surface area contributed by atoms with E-state index < -0.39 is 46.5 Å². The van der Waals surface area contributed by atoms with Gasteiger partial charge in [-0.2, -0.15) is 24.9 Å². The summed E-state index contributed by atoms with van der Waals surface area (Å²) in [6, 6.07) is 2.49. The Balaban J connectivity index is 2.24. The maximum absolute atomic E-state index is 14.6. The molecule has 2 aromatic carbocycles. The second-order valence-corrected chi connectivity index (χ2v) is 7.81. The van der Waals surface area contributed by atoms with E-state index in [4.69, 9.17) is 0 Å². The average molecular weight is 459 g/mol. The molecule has 5 nitrogen and oxygen atoms in total. The zero-order valence-corrected chi connectivity index (χ0v) is 17.2. The molecule has 166 valence electrons. The lowest BCUT2D eigenvalue weighted by atomic mass is 9.88. The first-order valence-electron chi connectivity index (χ1n) is 8.92. The topological polar surface area (TPSA) is 78.3 Å². The molecule has 0 saturated heterocycles. The number of aryl methyl sites for hydroxylation is 1. The van der Waals surface area contributed by atoms with E-state index in [1.807, 2.05) is 0 Å².